The summed E-state index contributed by atoms with van der Waals surface area (Å²) >= 11 is 0. The standard InChI is InChI=1S/C17H18N2O3/c1-12-3-6-16(9-13(12)2)19(11-20)15-7-4-14(5-8-15)10-17(21)18-22/h3-9,11,22H,10H2,1-2H3,(H,18,21). The molecule has 5 nitrogen and oxygen atoms in total. The van der Waals surface area contributed by atoms with Crippen molar-refractivity contribution in [1.29, 1.82) is 0 Å². The predicted molar refractivity (Wildman–Crippen MR) is 84.2 cm³/mol. The summed E-state index contributed by atoms with van der Waals surface area (Å²) in [5.74, 6) is -0.478. The van der Waals surface area contributed by atoms with Crippen LogP contribution in [0, 0.1) is 13.8 Å². The molecule has 5 heteroatoms. The predicted octanol–water partition coefficient (Wildman–Crippen LogP) is 2.65. The molecule has 2 aromatic rings. The Morgan fingerprint density at radius 2 is 1.73 bits per heavy atom. The van der Waals surface area contributed by atoms with Gasteiger partial charge in [-0.2, -0.15) is 0 Å². The number of anilines is 2. The molecule has 0 heterocycles. The third-order valence-electron chi connectivity index (χ3n) is 3.58. The Labute approximate surface area is 129 Å². The second kappa shape index (κ2) is 6.87. The molecule has 0 aliphatic heterocycles. The molecule has 22 heavy (non-hydrogen) atoms. The minimum Gasteiger partial charge on any atom is -0.289 e. The average Bonchev–Trinajstić information content (AvgIpc) is 2.53. The number of hydrogen-bond donors (Lipinski definition) is 2. The normalized spacial score (nSPS) is 10.1. The highest BCUT2D eigenvalue weighted by molar-refractivity contribution is 5.87. The molecule has 0 aliphatic rings. The van der Waals surface area contributed by atoms with Crippen LogP contribution >= 0.6 is 0 Å². The van der Waals surface area contributed by atoms with E-state index in [1.54, 1.807) is 34.6 Å². The second-order valence-corrected chi connectivity index (χ2v) is 5.12. The Balaban J connectivity index is 2.25. The molecule has 0 radical (unpaired) electrons. The molecule has 0 fully saturated rings. The number of nitrogens with one attached hydrogen (secondary N) is 1. The van der Waals surface area contributed by atoms with Crippen molar-refractivity contribution in [3.8, 4) is 0 Å². The van der Waals surface area contributed by atoms with E-state index in [0.717, 1.165) is 23.2 Å². The van der Waals surface area contributed by atoms with E-state index >= 15 is 0 Å². The molecule has 0 bridgehead atoms. The first-order chi connectivity index (χ1) is 10.5. The molecule has 2 amide bonds. The zero-order chi connectivity index (χ0) is 16.1. The largest absolute Gasteiger partial charge is 0.289 e. The van der Waals surface area contributed by atoms with Crippen LogP contribution in [0.2, 0.25) is 0 Å². The monoisotopic (exact) mass is 298 g/mol. The molecular weight excluding hydrogens is 280 g/mol. The van der Waals surface area contributed by atoms with Gasteiger partial charge in [-0.3, -0.25) is 19.7 Å². The van der Waals surface area contributed by atoms with Gasteiger partial charge in [0.25, 0.3) is 0 Å². The number of aryl methyl sites for hydroxylation is 2. The van der Waals surface area contributed by atoms with Crippen LogP contribution in [0.4, 0.5) is 11.4 Å². The number of carbonyl (C=O) groups is 2. The summed E-state index contributed by atoms with van der Waals surface area (Å²) in [6, 6.07) is 12.9. The minimum absolute atomic E-state index is 0.0848. The molecular formula is C17H18N2O3. The first-order valence-corrected chi connectivity index (χ1v) is 6.89. The van der Waals surface area contributed by atoms with Crippen molar-refractivity contribution in [2.45, 2.75) is 20.3 Å². The SMILES string of the molecule is Cc1ccc(N(C=O)c2ccc(CC(=O)NO)cc2)cc1C. The van der Waals surface area contributed by atoms with E-state index in [-0.39, 0.29) is 6.42 Å². The van der Waals surface area contributed by atoms with Crippen molar-refractivity contribution in [3.63, 3.8) is 0 Å². The lowest BCUT2D eigenvalue weighted by Gasteiger charge is -2.19. The van der Waals surface area contributed by atoms with Gasteiger partial charge in [0.15, 0.2) is 0 Å². The van der Waals surface area contributed by atoms with Gasteiger partial charge in [0.2, 0.25) is 12.3 Å². The summed E-state index contributed by atoms with van der Waals surface area (Å²) in [5, 5.41) is 8.52. The van der Waals surface area contributed by atoms with E-state index < -0.39 is 5.91 Å². The molecule has 0 aromatic heterocycles. The quantitative estimate of drug-likeness (QED) is 0.506. The zero-order valence-electron chi connectivity index (χ0n) is 12.5. The van der Waals surface area contributed by atoms with Crippen LogP contribution in [0.1, 0.15) is 16.7 Å². The molecule has 0 spiro atoms. The summed E-state index contributed by atoms with van der Waals surface area (Å²) in [6.45, 7) is 4.02. The van der Waals surface area contributed by atoms with E-state index in [4.69, 9.17) is 5.21 Å². The van der Waals surface area contributed by atoms with Gasteiger partial charge in [0.05, 0.1) is 6.42 Å². The molecule has 0 aliphatic carbocycles. The van der Waals surface area contributed by atoms with Gasteiger partial charge in [0, 0.05) is 11.4 Å². The van der Waals surface area contributed by atoms with Gasteiger partial charge >= 0.3 is 0 Å². The molecule has 0 saturated heterocycles. The van der Waals surface area contributed by atoms with Crippen LogP contribution in [0.15, 0.2) is 42.5 Å². The highest BCUT2D eigenvalue weighted by Crippen LogP contribution is 2.26. The highest BCUT2D eigenvalue weighted by atomic mass is 16.5. The second-order valence-electron chi connectivity index (χ2n) is 5.12. The maximum absolute atomic E-state index is 11.4. The Morgan fingerprint density at radius 3 is 2.27 bits per heavy atom. The maximum atomic E-state index is 11.4. The van der Waals surface area contributed by atoms with Crippen molar-refractivity contribution >= 4 is 23.7 Å². The molecule has 2 rings (SSSR count). The number of hydrogen-bond acceptors (Lipinski definition) is 3. The summed E-state index contributed by atoms with van der Waals surface area (Å²) in [6.07, 6.45) is 0.848. The smallest absolute Gasteiger partial charge is 0.247 e. The lowest BCUT2D eigenvalue weighted by Crippen LogP contribution is -2.20. The lowest BCUT2D eigenvalue weighted by molar-refractivity contribution is -0.128. The topological polar surface area (TPSA) is 69.6 Å². The fourth-order valence-electron chi connectivity index (χ4n) is 2.15. The Morgan fingerprint density at radius 1 is 1.09 bits per heavy atom. The zero-order valence-corrected chi connectivity index (χ0v) is 12.5. The number of amides is 2. The van der Waals surface area contributed by atoms with Crippen LogP contribution in [-0.4, -0.2) is 17.5 Å². The number of hydroxylamine groups is 1. The van der Waals surface area contributed by atoms with Gasteiger partial charge in [-0.25, -0.2) is 5.48 Å². The fourth-order valence-corrected chi connectivity index (χ4v) is 2.15. The maximum Gasteiger partial charge on any atom is 0.247 e. The first-order valence-electron chi connectivity index (χ1n) is 6.89. The number of nitrogens with zero attached hydrogens (tertiary/aromatic N) is 1. The van der Waals surface area contributed by atoms with E-state index in [9.17, 15) is 9.59 Å². The van der Waals surface area contributed by atoms with Crippen LogP contribution in [0.5, 0.6) is 0 Å². The third kappa shape index (κ3) is 3.51. The molecule has 0 unspecified atom stereocenters. The van der Waals surface area contributed by atoms with Gasteiger partial charge in [-0.1, -0.05) is 18.2 Å². The molecule has 2 aromatic carbocycles. The molecule has 0 saturated carbocycles. The Kier molecular flexibility index (Phi) is 4.91. The van der Waals surface area contributed by atoms with Crippen molar-refractivity contribution < 1.29 is 14.8 Å². The van der Waals surface area contributed by atoms with E-state index in [0.29, 0.717) is 5.69 Å². The van der Waals surface area contributed by atoms with Crippen LogP contribution < -0.4 is 10.4 Å². The van der Waals surface area contributed by atoms with Crippen LogP contribution in [0.3, 0.4) is 0 Å². The summed E-state index contributed by atoms with van der Waals surface area (Å²) < 4.78 is 0. The van der Waals surface area contributed by atoms with Crippen LogP contribution in [-0.2, 0) is 16.0 Å². The number of benzene rings is 2. The molecule has 114 valence electrons. The van der Waals surface area contributed by atoms with Crippen LogP contribution in [0.25, 0.3) is 0 Å². The average molecular weight is 298 g/mol. The summed E-state index contributed by atoms with van der Waals surface area (Å²) in [4.78, 5) is 24.1. The van der Waals surface area contributed by atoms with Crippen molar-refractivity contribution in [2.24, 2.45) is 0 Å². The number of rotatable bonds is 5. The summed E-state index contributed by atoms with van der Waals surface area (Å²) in [5.41, 5.74) is 6.13. The van der Waals surface area contributed by atoms with E-state index in [1.807, 2.05) is 32.0 Å². The summed E-state index contributed by atoms with van der Waals surface area (Å²) in [7, 11) is 0. The minimum atomic E-state index is -0.478. The molecule has 0 atom stereocenters. The first kappa shape index (κ1) is 15.7. The fraction of sp³-hybridized carbons (Fsp3) is 0.176. The van der Waals surface area contributed by atoms with Crippen molar-refractivity contribution in [3.05, 3.63) is 59.2 Å². The molecule has 2 N–H and O–H groups in total. The Bertz CT molecular complexity index is 681. The highest BCUT2D eigenvalue weighted by Gasteiger charge is 2.10. The van der Waals surface area contributed by atoms with Gasteiger partial charge in [-0.05, 0) is 54.8 Å². The lowest BCUT2D eigenvalue weighted by atomic mass is 10.1. The third-order valence-corrected chi connectivity index (χ3v) is 3.58. The van der Waals surface area contributed by atoms with E-state index in [2.05, 4.69) is 0 Å². The number of carbonyl (C=O) groups excluding carboxylic acids is 2. The van der Waals surface area contributed by atoms with Gasteiger partial charge < -0.3 is 0 Å². The Hall–Kier alpha value is -2.66. The van der Waals surface area contributed by atoms with Gasteiger partial charge in [0.1, 0.15) is 0 Å². The van der Waals surface area contributed by atoms with Gasteiger partial charge in [-0.15, -0.1) is 0 Å². The van der Waals surface area contributed by atoms with Crippen molar-refractivity contribution in [2.75, 3.05) is 4.90 Å². The van der Waals surface area contributed by atoms with E-state index in [1.165, 1.54) is 5.56 Å². The van der Waals surface area contributed by atoms with Crippen molar-refractivity contribution in [1.82, 2.24) is 5.48 Å².